The molecule has 0 unspecified atom stereocenters. The molecule has 3 nitrogen and oxygen atoms in total. The molecule has 0 atom stereocenters. The van der Waals surface area contributed by atoms with Crippen LogP contribution in [0.15, 0.2) is 36.5 Å². The van der Waals surface area contributed by atoms with Gasteiger partial charge in [-0.15, -0.1) is 0 Å². The molecule has 0 radical (unpaired) electrons. The predicted octanol–water partition coefficient (Wildman–Crippen LogP) is 2.91. The van der Waals surface area contributed by atoms with E-state index in [0.717, 1.165) is 11.3 Å². The number of halogens is 2. The molecule has 2 aromatic rings. The number of nitrogens with two attached hydrogens (primary N) is 1. The van der Waals surface area contributed by atoms with Crippen molar-refractivity contribution in [3.05, 3.63) is 58.6 Å². The molecule has 0 spiro atoms. The summed E-state index contributed by atoms with van der Waals surface area (Å²) in [5.41, 5.74) is 7.22. The van der Waals surface area contributed by atoms with Crippen LogP contribution in [-0.2, 0) is 13.2 Å². The summed E-state index contributed by atoms with van der Waals surface area (Å²) in [7, 11) is 0. The highest BCUT2D eigenvalue weighted by molar-refractivity contribution is 6.30. The zero-order chi connectivity index (χ0) is 13.0. The number of hydrogen-bond acceptors (Lipinski definition) is 3. The highest BCUT2D eigenvalue weighted by atomic mass is 35.5. The van der Waals surface area contributed by atoms with E-state index in [1.54, 1.807) is 18.3 Å². The van der Waals surface area contributed by atoms with Gasteiger partial charge < -0.3 is 10.5 Å². The van der Waals surface area contributed by atoms with E-state index in [2.05, 4.69) is 4.98 Å². The van der Waals surface area contributed by atoms with Crippen LogP contribution in [0.3, 0.4) is 0 Å². The van der Waals surface area contributed by atoms with E-state index in [-0.39, 0.29) is 5.02 Å². The first kappa shape index (κ1) is 12.8. The summed E-state index contributed by atoms with van der Waals surface area (Å²) in [6.07, 6.45) is 1.67. The summed E-state index contributed by atoms with van der Waals surface area (Å²) >= 11 is 5.59. The normalized spacial score (nSPS) is 10.4. The first-order valence-electron chi connectivity index (χ1n) is 5.41. The van der Waals surface area contributed by atoms with Gasteiger partial charge in [-0.1, -0.05) is 17.7 Å². The SMILES string of the molecule is NCc1ncccc1COc1ccc(Cl)c(F)c1. The molecular weight excluding hydrogens is 255 g/mol. The Morgan fingerprint density at radius 2 is 2.17 bits per heavy atom. The molecule has 0 aliphatic rings. The molecule has 2 rings (SSSR count). The van der Waals surface area contributed by atoms with Crippen LogP contribution in [0.5, 0.6) is 5.75 Å². The summed E-state index contributed by atoms with van der Waals surface area (Å²) in [5.74, 6) is -0.0804. The third-order valence-corrected chi connectivity index (χ3v) is 2.77. The smallest absolute Gasteiger partial charge is 0.145 e. The quantitative estimate of drug-likeness (QED) is 0.926. The number of hydrogen-bond donors (Lipinski definition) is 1. The van der Waals surface area contributed by atoms with Gasteiger partial charge in [-0.3, -0.25) is 4.98 Å². The number of pyridine rings is 1. The molecule has 0 bridgehead atoms. The Bertz CT molecular complexity index is 548. The van der Waals surface area contributed by atoms with Crippen LogP contribution < -0.4 is 10.5 Å². The molecule has 0 amide bonds. The Morgan fingerprint density at radius 3 is 2.89 bits per heavy atom. The van der Waals surface area contributed by atoms with E-state index in [1.807, 2.05) is 6.07 Å². The van der Waals surface area contributed by atoms with Crippen molar-refractivity contribution >= 4 is 11.6 Å². The maximum atomic E-state index is 13.2. The number of ether oxygens (including phenoxy) is 1. The van der Waals surface area contributed by atoms with Crippen molar-refractivity contribution in [1.82, 2.24) is 4.98 Å². The van der Waals surface area contributed by atoms with Crippen LogP contribution >= 0.6 is 11.6 Å². The minimum Gasteiger partial charge on any atom is -0.489 e. The number of nitrogens with zero attached hydrogens (tertiary/aromatic N) is 1. The van der Waals surface area contributed by atoms with Gasteiger partial charge in [-0.25, -0.2) is 4.39 Å². The Labute approximate surface area is 109 Å². The van der Waals surface area contributed by atoms with Crippen LogP contribution in [0.1, 0.15) is 11.3 Å². The third kappa shape index (κ3) is 2.97. The average molecular weight is 267 g/mol. The molecule has 0 fully saturated rings. The first-order chi connectivity index (χ1) is 8.70. The van der Waals surface area contributed by atoms with Crippen molar-refractivity contribution in [2.75, 3.05) is 0 Å². The lowest BCUT2D eigenvalue weighted by Gasteiger charge is -2.09. The molecular formula is C13H12ClFN2O. The summed E-state index contributed by atoms with van der Waals surface area (Å²) < 4.78 is 18.7. The lowest BCUT2D eigenvalue weighted by molar-refractivity contribution is 0.302. The molecule has 94 valence electrons. The Morgan fingerprint density at radius 1 is 1.33 bits per heavy atom. The fraction of sp³-hybridized carbons (Fsp3) is 0.154. The van der Waals surface area contributed by atoms with E-state index < -0.39 is 5.82 Å². The molecule has 0 saturated heterocycles. The van der Waals surface area contributed by atoms with Gasteiger partial charge in [0.05, 0.1) is 10.7 Å². The lowest BCUT2D eigenvalue weighted by atomic mass is 10.2. The van der Waals surface area contributed by atoms with Gasteiger partial charge in [0.15, 0.2) is 0 Å². The molecule has 1 aromatic heterocycles. The van der Waals surface area contributed by atoms with Crippen LogP contribution in [0.2, 0.25) is 5.02 Å². The van der Waals surface area contributed by atoms with Gasteiger partial charge in [0, 0.05) is 24.4 Å². The van der Waals surface area contributed by atoms with Gasteiger partial charge in [-0.2, -0.15) is 0 Å². The Kier molecular flexibility index (Phi) is 4.12. The standard InChI is InChI=1S/C13H12ClFN2O/c14-11-4-3-10(6-12(11)15)18-8-9-2-1-5-17-13(9)7-16/h1-6H,7-8,16H2. The summed E-state index contributed by atoms with van der Waals surface area (Å²) in [6, 6.07) is 8.01. The topological polar surface area (TPSA) is 48.1 Å². The van der Waals surface area contributed by atoms with Crippen molar-refractivity contribution in [3.8, 4) is 5.75 Å². The molecule has 18 heavy (non-hydrogen) atoms. The van der Waals surface area contributed by atoms with Gasteiger partial charge in [0.25, 0.3) is 0 Å². The second-order valence-electron chi connectivity index (χ2n) is 3.68. The van der Waals surface area contributed by atoms with Gasteiger partial charge >= 0.3 is 0 Å². The van der Waals surface area contributed by atoms with Crippen molar-refractivity contribution < 1.29 is 9.13 Å². The lowest BCUT2D eigenvalue weighted by Crippen LogP contribution is -2.06. The Hall–Kier alpha value is -1.65. The van der Waals surface area contributed by atoms with E-state index in [1.165, 1.54) is 12.1 Å². The maximum Gasteiger partial charge on any atom is 0.145 e. The highest BCUT2D eigenvalue weighted by Crippen LogP contribution is 2.21. The summed E-state index contributed by atoms with van der Waals surface area (Å²) in [5, 5.41) is 0.0753. The minimum absolute atomic E-state index is 0.0753. The largest absolute Gasteiger partial charge is 0.489 e. The minimum atomic E-state index is -0.501. The fourth-order valence-corrected chi connectivity index (χ4v) is 1.63. The highest BCUT2D eigenvalue weighted by Gasteiger charge is 2.05. The predicted molar refractivity (Wildman–Crippen MR) is 67.9 cm³/mol. The molecule has 0 saturated carbocycles. The first-order valence-corrected chi connectivity index (χ1v) is 5.79. The molecule has 5 heteroatoms. The van der Waals surface area contributed by atoms with Crippen molar-refractivity contribution in [2.24, 2.45) is 5.73 Å². The van der Waals surface area contributed by atoms with Crippen molar-refractivity contribution in [3.63, 3.8) is 0 Å². The second kappa shape index (κ2) is 5.80. The molecule has 2 N–H and O–H groups in total. The Balaban J connectivity index is 2.09. The molecule has 0 aliphatic heterocycles. The van der Waals surface area contributed by atoms with Gasteiger partial charge in [-0.05, 0) is 18.2 Å². The summed E-state index contributed by atoms with van der Waals surface area (Å²) in [6.45, 7) is 0.635. The number of rotatable bonds is 4. The van der Waals surface area contributed by atoms with Crippen LogP contribution in [0.25, 0.3) is 0 Å². The molecule has 1 heterocycles. The fourth-order valence-electron chi connectivity index (χ4n) is 1.51. The monoisotopic (exact) mass is 266 g/mol. The molecule has 1 aromatic carbocycles. The third-order valence-electron chi connectivity index (χ3n) is 2.46. The van der Waals surface area contributed by atoms with Crippen molar-refractivity contribution in [1.29, 1.82) is 0 Å². The van der Waals surface area contributed by atoms with Gasteiger partial charge in [0.2, 0.25) is 0 Å². The van der Waals surface area contributed by atoms with E-state index >= 15 is 0 Å². The maximum absolute atomic E-state index is 13.2. The number of benzene rings is 1. The van der Waals surface area contributed by atoms with Gasteiger partial charge in [0.1, 0.15) is 18.2 Å². The number of aromatic nitrogens is 1. The van der Waals surface area contributed by atoms with Crippen molar-refractivity contribution in [2.45, 2.75) is 13.2 Å². The summed E-state index contributed by atoms with van der Waals surface area (Å²) in [4.78, 5) is 4.14. The average Bonchev–Trinajstić information content (AvgIpc) is 2.40. The zero-order valence-electron chi connectivity index (χ0n) is 9.57. The van der Waals surface area contributed by atoms with Crippen LogP contribution in [-0.4, -0.2) is 4.98 Å². The van der Waals surface area contributed by atoms with E-state index in [9.17, 15) is 4.39 Å². The van der Waals surface area contributed by atoms with Crippen LogP contribution in [0.4, 0.5) is 4.39 Å². The van der Waals surface area contributed by atoms with E-state index in [4.69, 9.17) is 22.1 Å². The van der Waals surface area contributed by atoms with Crippen LogP contribution in [0, 0.1) is 5.82 Å². The second-order valence-corrected chi connectivity index (χ2v) is 4.09. The van der Waals surface area contributed by atoms with E-state index in [0.29, 0.717) is 18.9 Å². The zero-order valence-corrected chi connectivity index (χ0v) is 10.3. The molecule has 0 aliphatic carbocycles.